The van der Waals surface area contributed by atoms with Gasteiger partial charge in [0.25, 0.3) is 5.91 Å². The highest BCUT2D eigenvalue weighted by molar-refractivity contribution is 5.95. The number of anilines is 1. The van der Waals surface area contributed by atoms with Gasteiger partial charge in [-0.1, -0.05) is 36.4 Å². The van der Waals surface area contributed by atoms with Gasteiger partial charge in [0, 0.05) is 39.1 Å². The molecule has 2 heterocycles. The molecule has 2 aromatic carbocycles. The number of rotatable bonds is 5. The number of carbonyl (C=O) groups excluding carboxylic acids is 2. The summed E-state index contributed by atoms with van der Waals surface area (Å²) in [6.07, 6.45) is 1.14. The molecule has 0 aromatic heterocycles. The maximum Gasteiger partial charge on any atom is 0.262 e. The summed E-state index contributed by atoms with van der Waals surface area (Å²) in [6.45, 7) is 4.36. The minimum absolute atomic E-state index is 0.0566. The van der Waals surface area contributed by atoms with Crippen LogP contribution in [0.4, 0.5) is 5.69 Å². The number of hydrogen-bond donors (Lipinski definition) is 1. The van der Waals surface area contributed by atoms with Crippen LogP contribution >= 0.6 is 0 Å². The number of aryl methyl sites for hydroxylation is 1. The number of hydrogen-bond acceptors (Lipinski definition) is 4. The van der Waals surface area contributed by atoms with Gasteiger partial charge in [0.2, 0.25) is 5.91 Å². The molecule has 2 aromatic rings. The maximum absolute atomic E-state index is 12.6. The Kier molecular flexibility index (Phi) is 5.58. The van der Waals surface area contributed by atoms with Gasteiger partial charge in [0.05, 0.1) is 5.69 Å². The third-order valence-electron chi connectivity index (χ3n) is 5.28. The summed E-state index contributed by atoms with van der Waals surface area (Å²) < 4.78 is 5.37. The van der Waals surface area contributed by atoms with E-state index in [4.69, 9.17) is 4.74 Å². The van der Waals surface area contributed by atoms with Crippen LogP contribution in [-0.2, 0) is 22.6 Å². The minimum Gasteiger partial charge on any atom is -0.482 e. The molecule has 0 bridgehead atoms. The van der Waals surface area contributed by atoms with Gasteiger partial charge in [-0.2, -0.15) is 0 Å². The van der Waals surface area contributed by atoms with E-state index in [1.54, 1.807) is 0 Å². The molecule has 0 saturated carbocycles. The van der Waals surface area contributed by atoms with Crippen LogP contribution in [0.15, 0.2) is 48.5 Å². The molecular weight excluding hydrogens is 354 g/mol. The summed E-state index contributed by atoms with van der Waals surface area (Å²) in [5.74, 6) is 0.732. The fourth-order valence-electron chi connectivity index (χ4n) is 3.69. The Hall–Kier alpha value is -2.86. The van der Waals surface area contributed by atoms with Crippen molar-refractivity contribution in [1.82, 2.24) is 9.80 Å². The maximum atomic E-state index is 12.6. The number of piperazine rings is 1. The van der Waals surface area contributed by atoms with Crippen molar-refractivity contribution in [2.24, 2.45) is 0 Å². The monoisotopic (exact) mass is 379 g/mol. The van der Waals surface area contributed by atoms with Crippen molar-refractivity contribution in [3.63, 3.8) is 0 Å². The zero-order valence-electron chi connectivity index (χ0n) is 15.9. The van der Waals surface area contributed by atoms with E-state index >= 15 is 0 Å². The minimum atomic E-state index is -0.144. The van der Waals surface area contributed by atoms with Crippen molar-refractivity contribution in [3.8, 4) is 5.75 Å². The van der Waals surface area contributed by atoms with Gasteiger partial charge < -0.3 is 15.0 Å². The Labute approximate surface area is 165 Å². The van der Waals surface area contributed by atoms with Gasteiger partial charge in [-0.3, -0.25) is 14.5 Å². The molecule has 0 aliphatic carbocycles. The second kappa shape index (κ2) is 8.44. The average Bonchev–Trinajstić information content (AvgIpc) is 2.73. The van der Waals surface area contributed by atoms with Gasteiger partial charge in [-0.05, 0) is 29.7 Å². The number of ether oxygens (including phenoxy) is 1. The number of nitrogens with zero attached hydrogens (tertiary/aromatic N) is 2. The second-order valence-electron chi connectivity index (χ2n) is 7.31. The topological polar surface area (TPSA) is 61.9 Å². The third-order valence-corrected chi connectivity index (χ3v) is 5.28. The van der Waals surface area contributed by atoms with Crippen molar-refractivity contribution in [2.75, 3.05) is 38.1 Å². The number of nitrogens with one attached hydrogen (secondary N) is 1. The van der Waals surface area contributed by atoms with Crippen LogP contribution in [0.25, 0.3) is 0 Å². The Morgan fingerprint density at radius 2 is 1.79 bits per heavy atom. The van der Waals surface area contributed by atoms with Crippen LogP contribution in [0, 0.1) is 0 Å². The molecule has 6 heteroatoms. The van der Waals surface area contributed by atoms with Crippen molar-refractivity contribution < 1.29 is 14.3 Å². The van der Waals surface area contributed by atoms with Gasteiger partial charge in [-0.25, -0.2) is 0 Å². The van der Waals surface area contributed by atoms with Crippen LogP contribution in [-0.4, -0.2) is 54.4 Å². The summed E-state index contributed by atoms with van der Waals surface area (Å²) in [7, 11) is 0. The van der Waals surface area contributed by atoms with Crippen LogP contribution in [0.5, 0.6) is 5.75 Å². The summed E-state index contributed by atoms with van der Waals surface area (Å²) in [5.41, 5.74) is 3.03. The largest absolute Gasteiger partial charge is 0.482 e. The summed E-state index contributed by atoms with van der Waals surface area (Å²) >= 11 is 0. The first-order valence-corrected chi connectivity index (χ1v) is 9.77. The highest BCUT2D eigenvalue weighted by Crippen LogP contribution is 2.28. The normalized spacial score (nSPS) is 16.9. The number of amides is 2. The number of benzene rings is 2. The van der Waals surface area contributed by atoms with Gasteiger partial charge in [-0.15, -0.1) is 0 Å². The molecule has 4 rings (SSSR count). The van der Waals surface area contributed by atoms with Gasteiger partial charge in [0.15, 0.2) is 6.61 Å². The highest BCUT2D eigenvalue weighted by Gasteiger charge is 2.21. The van der Waals surface area contributed by atoms with E-state index in [9.17, 15) is 9.59 Å². The number of carbonyl (C=O) groups is 2. The lowest BCUT2D eigenvalue weighted by molar-refractivity contribution is -0.133. The first kappa shape index (κ1) is 18.5. The molecule has 28 heavy (non-hydrogen) atoms. The van der Waals surface area contributed by atoms with Gasteiger partial charge in [0.1, 0.15) is 5.75 Å². The quantitative estimate of drug-likeness (QED) is 0.866. The number of fused-ring (bicyclic) bond motifs is 1. The van der Waals surface area contributed by atoms with Crippen LogP contribution in [0.1, 0.15) is 17.5 Å². The molecular formula is C22H25N3O3. The van der Waals surface area contributed by atoms with E-state index < -0.39 is 0 Å². The zero-order valence-corrected chi connectivity index (χ0v) is 15.9. The van der Waals surface area contributed by atoms with Gasteiger partial charge >= 0.3 is 0 Å². The lowest BCUT2D eigenvalue weighted by Gasteiger charge is -2.34. The molecule has 2 aliphatic heterocycles. The average molecular weight is 379 g/mol. The van der Waals surface area contributed by atoms with E-state index in [1.807, 2.05) is 29.2 Å². The molecule has 146 valence electrons. The lowest BCUT2D eigenvalue weighted by atomic mass is 10.1. The molecule has 0 spiro atoms. The molecule has 6 nitrogen and oxygen atoms in total. The molecule has 2 aliphatic rings. The molecule has 0 atom stereocenters. The molecule has 0 radical (unpaired) electrons. The van der Waals surface area contributed by atoms with E-state index in [1.165, 1.54) is 5.56 Å². The fraction of sp³-hybridized carbons (Fsp3) is 0.364. The smallest absolute Gasteiger partial charge is 0.262 e. The first-order chi connectivity index (χ1) is 13.7. The van der Waals surface area contributed by atoms with E-state index in [2.05, 4.69) is 34.5 Å². The predicted octanol–water partition coefficient (Wildman–Crippen LogP) is 2.29. The Morgan fingerprint density at radius 3 is 2.57 bits per heavy atom. The molecule has 1 saturated heterocycles. The van der Waals surface area contributed by atoms with Crippen LogP contribution < -0.4 is 10.1 Å². The molecule has 1 N–H and O–H groups in total. The van der Waals surface area contributed by atoms with Crippen LogP contribution in [0.2, 0.25) is 0 Å². The summed E-state index contributed by atoms with van der Waals surface area (Å²) in [6, 6.07) is 16.2. The lowest BCUT2D eigenvalue weighted by Crippen LogP contribution is -2.48. The Bertz CT molecular complexity index is 845. The zero-order chi connectivity index (χ0) is 19.3. The second-order valence-corrected chi connectivity index (χ2v) is 7.31. The summed E-state index contributed by atoms with van der Waals surface area (Å²) in [4.78, 5) is 28.4. The summed E-state index contributed by atoms with van der Waals surface area (Å²) in [5, 5.41) is 2.81. The Morgan fingerprint density at radius 1 is 1.00 bits per heavy atom. The standard InChI is InChI=1S/C22H25N3O3/c26-21-16-28-20-8-6-17(14-19(20)23-21)7-9-22(27)25-12-10-24(11-13-25)15-18-4-2-1-3-5-18/h1-6,8,14H,7,9-13,15-16H2,(H,23,26). The van der Waals surface area contributed by atoms with E-state index in [0.29, 0.717) is 24.3 Å². The van der Waals surface area contributed by atoms with Crippen molar-refractivity contribution in [3.05, 3.63) is 59.7 Å². The predicted molar refractivity (Wildman–Crippen MR) is 107 cm³/mol. The highest BCUT2D eigenvalue weighted by atomic mass is 16.5. The third kappa shape index (κ3) is 4.51. The van der Waals surface area contributed by atoms with Crippen molar-refractivity contribution in [1.29, 1.82) is 0 Å². The molecule has 1 fully saturated rings. The fourth-order valence-corrected chi connectivity index (χ4v) is 3.69. The molecule has 0 unspecified atom stereocenters. The SMILES string of the molecule is O=C1COc2ccc(CCC(=O)N3CCN(Cc4ccccc4)CC3)cc2N1. The van der Waals surface area contributed by atoms with Crippen LogP contribution in [0.3, 0.4) is 0 Å². The van der Waals surface area contributed by atoms with E-state index in [-0.39, 0.29) is 18.4 Å². The van der Waals surface area contributed by atoms with Crippen molar-refractivity contribution in [2.45, 2.75) is 19.4 Å². The van der Waals surface area contributed by atoms with E-state index in [0.717, 1.165) is 38.3 Å². The molecule has 2 amide bonds. The Balaban J connectivity index is 1.25. The van der Waals surface area contributed by atoms with Crippen molar-refractivity contribution >= 4 is 17.5 Å². The first-order valence-electron chi connectivity index (χ1n) is 9.77.